The Hall–Kier alpha value is -0.580. The molecule has 0 bridgehead atoms. The van der Waals surface area contributed by atoms with E-state index in [2.05, 4.69) is 15.9 Å². The zero-order chi connectivity index (χ0) is 14.6. The summed E-state index contributed by atoms with van der Waals surface area (Å²) in [6, 6.07) is 3.28. The molecule has 1 unspecified atom stereocenters. The Morgan fingerprint density at radius 3 is 2.47 bits per heavy atom. The number of rotatable bonds is 5. The van der Waals surface area contributed by atoms with Crippen LogP contribution in [0.4, 0.5) is 0 Å². The molecule has 1 aromatic carbocycles. The minimum atomic E-state index is -0.842. The van der Waals surface area contributed by atoms with E-state index in [1.165, 1.54) is 6.92 Å². The lowest BCUT2D eigenvalue weighted by Gasteiger charge is -2.14. The van der Waals surface area contributed by atoms with Crippen molar-refractivity contribution in [2.24, 2.45) is 5.92 Å². The molecule has 0 amide bonds. The van der Waals surface area contributed by atoms with E-state index in [4.69, 9.17) is 27.9 Å². The molecular weight excluding hydrogens is 355 g/mol. The van der Waals surface area contributed by atoms with Crippen LogP contribution in [0.2, 0.25) is 10.0 Å². The molecule has 1 rings (SSSR count). The van der Waals surface area contributed by atoms with Gasteiger partial charge in [-0.25, -0.2) is 0 Å². The number of ketones is 1. The molecule has 0 aromatic heterocycles. The molecular formula is C13H13BrCl2O3. The summed E-state index contributed by atoms with van der Waals surface area (Å²) < 4.78 is 5.56. The SMILES string of the molecule is CCOC(=O)C(Cc1cc(Br)c(Cl)cc1Cl)C(C)=O. The van der Waals surface area contributed by atoms with Crippen LogP contribution in [0.25, 0.3) is 0 Å². The molecule has 0 radical (unpaired) electrons. The molecule has 0 saturated carbocycles. The van der Waals surface area contributed by atoms with Gasteiger partial charge in [0.1, 0.15) is 11.7 Å². The molecule has 0 saturated heterocycles. The van der Waals surface area contributed by atoms with Crippen molar-refractivity contribution in [1.29, 1.82) is 0 Å². The molecule has 6 heteroatoms. The summed E-state index contributed by atoms with van der Waals surface area (Å²) in [6.45, 7) is 3.29. The second-order valence-corrected chi connectivity index (χ2v) is 5.65. The molecule has 0 aliphatic carbocycles. The Labute approximate surface area is 130 Å². The van der Waals surface area contributed by atoms with Crippen LogP contribution >= 0.6 is 39.1 Å². The van der Waals surface area contributed by atoms with Crippen LogP contribution in [0.5, 0.6) is 0 Å². The van der Waals surface area contributed by atoms with E-state index in [0.29, 0.717) is 20.1 Å². The summed E-state index contributed by atoms with van der Waals surface area (Å²) in [4.78, 5) is 23.3. The number of ether oxygens (including phenoxy) is 1. The summed E-state index contributed by atoms with van der Waals surface area (Å²) in [5, 5.41) is 0.896. The second kappa shape index (κ2) is 7.27. The van der Waals surface area contributed by atoms with Crippen LogP contribution in [0.15, 0.2) is 16.6 Å². The topological polar surface area (TPSA) is 43.4 Å². The van der Waals surface area contributed by atoms with Crippen molar-refractivity contribution in [3.05, 3.63) is 32.2 Å². The van der Waals surface area contributed by atoms with Gasteiger partial charge in [0, 0.05) is 9.50 Å². The van der Waals surface area contributed by atoms with Gasteiger partial charge in [0.15, 0.2) is 0 Å². The van der Waals surface area contributed by atoms with E-state index in [1.54, 1.807) is 19.1 Å². The number of Topliss-reactive ketones (excluding diaryl/α,β-unsaturated/α-hetero) is 1. The Kier molecular flexibility index (Phi) is 6.30. The van der Waals surface area contributed by atoms with Gasteiger partial charge in [-0.2, -0.15) is 0 Å². The lowest BCUT2D eigenvalue weighted by Crippen LogP contribution is -2.26. The van der Waals surface area contributed by atoms with Crippen LogP contribution in [0, 0.1) is 5.92 Å². The molecule has 0 N–H and O–H groups in total. The number of benzene rings is 1. The number of carbonyl (C=O) groups is 2. The van der Waals surface area contributed by atoms with Crippen molar-refractivity contribution in [2.45, 2.75) is 20.3 Å². The average molecular weight is 368 g/mol. The maximum absolute atomic E-state index is 11.7. The molecule has 19 heavy (non-hydrogen) atoms. The van der Waals surface area contributed by atoms with Gasteiger partial charge in [-0.15, -0.1) is 0 Å². The Balaban J connectivity index is 3.00. The van der Waals surface area contributed by atoms with Crippen molar-refractivity contribution >= 4 is 50.9 Å². The smallest absolute Gasteiger partial charge is 0.316 e. The minimum absolute atomic E-state index is 0.197. The third-order valence-electron chi connectivity index (χ3n) is 2.58. The van der Waals surface area contributed by atoms with Crippen LogP contribution in [-0.2, 0) is 20.7 Å². The van der Waals surface area contributed by atoms with E-state index in [-0.39, 0.29) is 18.8 Å². The molecule has 0 heterocycles. The van der Waals surface area contributed by atoms with Gasteiger partial charge in [0.2, 0.25) is 0 Å². The number of halogens is 3. The zero-order valence-electron chi connectivity index (χ0n) is 10.5. The van der Waals surface area contributed by atoms with Gasteiger partial charge < -0.3 is 4.74 Å². The first kappa shape index (κ1) is 16.5. The summed E-state index contributed by atoms with van der Waals surface area (Å²) in [5.74, 6) is -1.62. The van der Waals surface area contributed by atoms with Crippen LogP contribution in [-0.4, -0.2) is 18.4 Å². The molecule has 0 fully saturated rings. The first-order chi connectivity index (χ1) is 8.86. The highest BCUT2D eigenvalue weighted by Crippen LogP contribution is 2.30. The summed E-state index contributed by atoms with van der Waals surface area (Å²) in [6.07, 6.45) is 0.197. The van der Waals surface area contributed by atoms with Gasteiger partial charge in [0.05, 0.1) is 11.6 Å². The first-order valence-electron chi connectivity index (χ1n) is 5.67. The highest BCUT2D eigenvalue weighted by molar-refractivity contribution is 9.10. The fourth-order valence-corrected chi connectivity index (χ4v) is 2.43. The van der Waals surface area contributed by atoms with Gasteiger partial charge >= 0.3 is 5.97 Å². The summed E-state index contributed by atoms with van der Waals surface area (Å²) in [7, 11) is 0. The Morgan fingerprint density at radius 2 is 1.95 bits per heavy atom. The molecule has 3 nitrogen and oxygen atoms in total. The predicted molar refractivity (Wildman–Crippen MR) is 78.7 cm³/mol. The third kappa shape index (κ3) is 4.48. The molecule has 0 spiro atoms. The number of carbonyl (C=O) groups excluding carboxylic acids is 2. The molecule has 0 aliphatic rings. The van der Waals surface area contributed by atoms with Crippen LogP contribution < -0.4 is 0 Å². The number of hydrogen-bond acceptors (Lipinski definition) is 3. The van der Waals surface area contributed by atoms with E-state index >= 15 is 0 Å². The predicted octanol–water partition coefficient (Wildman–Crippen LogP) is 4.07. The highest BCUT2D eigenvalue weighted by Gasteiger charge is 2.26. The van der Waals surface area contributed by atoms with Crippen LogP contribution in [0.1, 0.15) is 19.4 Å². The third-order valence-corrected chi connectivity index (χ3v) is 4.12. The van der Waals surface area contributed by atoms with Crippen LogP contribution in [0.3, 0.4) is 0 Å². The first-order valence-corrected chi connectivity index (χ1v) is 7.22. The average Bonchev–Trinajstić information content (AvgIpc) is 2.31. The standard InChI is InChI=1S/C13H13BrCl2O3/c1-3-19-13(18)9(7(2)17)4-8-5-10(14)12(16)6-11(8)15/h5-6,9H,3-4H2,1-2H3. The fraction of sp³-hybridized carbons (Fsp3) is 0.385. The lowest BCUT2D eigenvalue weighted by atomic mass is 9.96. The van der Waals surface area contributed by atoms with Crippen molar-refractivity contribution in [3.63, 3.8) is 0 Å². The zero-order valence-corrected chi connectivity index (χ0v) is 13.6. The van der Waals surface area contributed by atoms with Gasteiger partial charge in [0.25, 0.3) is 0 Å². The monoisotopic (exact) mass is 366 g/mol. The van der Waals surface area contributed by atoms with E-state index < -0.39 is 11.9 Å². The largest absolute Gasteiger partial charge is 0.465 e. The Bertz CT molecular complexity index is 503. The van der Waals surface area contributed by atoms with E-state index in [9.17, 15) is 9.59 Å². The maximum atomic E-state index is 11.7. The summed E-state index contributed by atoms with van der Waals surface area (Å²) in [5.41, 5.74) is 0.672. The second-order valence-electron chi connectivity index (χ2n) is 3.98. The van der Waals surface area contributed by atoms with Crippen molar-refractivity contribution in [3.8, 4) is 0 Å². The lowest BCUT2D eigenvalue weighted by molar-refractivity contribution is -0.151. The Morgan fingerprint density at radius 1 is 1.32 bits per heavy atom. The maximum Gasteiger partial charge on any atom is 0.316 e. The molecule has 1 atom stereocenters. The number of hydrogen-bond donors (Lipinski definition) is 0. The fourth-order valence-electron chi connectivity index (χ4n) is 1.58. The van der Waals surface area contributed by atoms with Crippen molar-refractivity contribution < 1.29 is 14.3 Å². The van der Waals surface area contributed by atoms with E-state index in [1.807, 2.05) is 0 Å². The quantitative estimate of drug-likeness (QED) is 0.447. The van der Waals surface area contributed by atoms with Crippen molar-refractivity contribution in [1.82, 2.24) is 0 Å². The van der Waals surface area contributed by atoms with Crippen molar-refractivity contribution in [2.75, 3.05) is 6.61 Å². The van der Waals surface area contributed by atoms with Gasteiger partial charge in [-0.1, -0.05) is 23.2 Å². The van der Waals surface area contributed by atoms with Gasteiger partial charge in [-0.3, -0.25) is 9.59 Å². The summed E-state index contributed by atoms with van der Waals surface area (Å²) >= 11 is 15.3. The minimum Gasteiger partial charge on any atom is -0.465 e. The van der Waals surface area contributed by atoms with E-state index in [0.717, 1.165) is 0 Å². The van der Waals surface area contributed by atoms with Gasteiger partial charge in [-0.05, 0) is 53.9 Å². The normalized spacial score (nSPS) is 12.1. The molecule has 1 aromatic rings. The molecule has 0 aliphatic heterocycles. The molecule has 104 valence electrons. The number of esters is 1. The highest BCUT2D eigenvalue weighted by atomic mass is 79.9.